The first kappa shape index (κ1) is 11.0. The Bertz CT molecular complexity index is 227. The van der Waals surface area contributed by atoms with Crippen LogP contribution < -0.4 is 5.32 Å². The summed E-state index contributed by atoms with van der Waals surface area (Å²) in [7, 11) is 1.21. The lowest BCUT2D eigenvalue weighted by molar-refractivity contribution is -0.153. The molecule has 4 nitrogen and oxygen atoms in total. The maximum atomic E-state index is 11.2. The van der Waals surface area contributed by atoms with E-state index in [1.165, 1.54) is 13.5 Å². The molecule has 80 valence electrons. The normalized spacial score (nSPS) is 26.7. The van der Waals surface area contributed by atoms with E-state index < -0.39 is 11.9 Å². The van der Waals surface area contributed by atoms with Crippen LogP contribution in [0.25, 0.3) is 0 Å². The van der Waals surface area contributed by atoms with Gasteiger partial charge in [-0.1, -0.05) is 19.8 Å². The Morgan fingerprint density at radius 1 is 1.36 bits per heavy atom. The summed E-state index contributed by atoms with van der Waals surface area (Å²) in [4.78, 5) is 22.0. The number of esters is 1. The summed E-state index contributed by atoms with van der Waals surface area (Å²) in [5.41, 5.74) is 0. The summed E-state index contributed by atoms with van der Waals surface area (Å²) in [6, 6.07) is 0.144. The lowest BCUT2D eigenvalue weighted by Crippen LogP contribution is -2.41. The van der Waals surface area contributed by atoms with E-state index in [1.807, 2.05) is 0 Å². The number of rotatable bonds is 1. The summed E-state index contributed by atoms with van der Waals surface area (Å²) in [6.07, 6.45) is 4.26. The minimum atomic E-state index is -0.803. The Balaban J connectivity index is 2.36. The number of nitrogens with one attached hydrogen (secondary N) is 1. The first-order valence-electron chi connectivity index (χ1n) is 5.02. The van der Waals surface area contributed by atoms with Gasteiger partial charge < -0.3 is 10.1 Å². The molecule has 0 saturated heterocycles. The molecule has 0 aromatic rings. The van der Waals surface area contributed by atoms with Crippen molar-refractivity contribution in [2.45, 2.75) is 38.6 Å². The van der Waals surface area contributed by atoms with Gasteiger partial charge in [-0.25, -0.2) is 4.79 Å². The minimum absolute atomic E-state index is 0.144. The monoisotopic (exact) mass is 199 g/mol. The third-order valence-electron chi connectivity index (χ3n) is 2.64. The number of ether oxygens (including phenoxy) is 1. The van der Waals surface area contributed by atoms with Crippen molar-refractivity contribution in [2.24, 2.45) is 5.92 Å². The van der Waals surface area contributed by atoms with Crippen molar-refractivity contribution in [1.29, 1.82) is 0 Å². The zero-order valence-corrected chi connectivity index (χ0v) is 8.71. The lowest BCUT2D eigenvalue weighted by atomic mass is 9.87. The van der Waals surface area contributed by atoms with Gasteiger partial charge in [-0.15, -0.1) is 0 Å². The van der Waals surface area contributed by atoms with Crippen LogP contribution in [0.4, 0.5) is 0 Å². The third kappa shape index (κ3) is 3.01. The summed E-state index contributed by atoms with van der Waals surface area (Å²) in [5, 5.41) is 2.69. The molecule has 4 heteroatoms. The molecule has 0 aromatic carbocycles. The van der Waals surface area contributed by atoms with Gasteiger partial charge in [-0.05, 0) is 18.8 Å². The van der Waals surface area contributed by atoms with Gasteiger partial charge in [0.15, 0.2) is 0 Å². The summed E-state index contributed by atoms with van der Waals surface area (Å²) >= 11 is 0. The van der Waals surface area contributed by atoms with Crippen molar-refractivity contribution in [3.05, 3.63) is 0 Å². The average molecular weight is 199 g/mol. The molecule has 0 aliphatic heterocycles. The Kier molecular flexibility index (Phi) is 3.92. The molecule has 1 N–H and O–H groups in total. The van der Waals surface area contributed by atoms with Crippen LogP contribution in [0, 0.1) is 5.92 Å². The highest BCUT2D eigenvalue weighted by atomic mass is 16.5. The van der Waals surface area contributed by atoms with Gasteiger partial charge in [0.25, 0.3) is 0 Å². The zero-order valence-electron chi connectivity index (χ0n) is 8.71. The van der Waals surface area contributed by atoms with Gasteiger partial charge in [0.1, 0.15) is 0 Å². The molecule has 0 spiro atoms. The highest BCUT2D eigenvalue weighted by Crippen LogP contribution is 2.23. The molecule has 1 rings (SSSR count). The standard InChI is InChI=1S/C10H17NO3/c1-7-4-3-5-8(6-7)11-9(12)10(13)14-2/h7-8H,3-6H2,1-2H3,(H,11,12). The predicted molar refractivity (Wildman–Crippen MR) is 51.6 cm³/mol. The van der Waals surface area contributed by atoms with Gasteiger partial charge in [-0.3, -0.25) is 4.79 Å². The second-order valence-corrected chi connectivity index (χ2v) is 3.93. The number of hydrogen-bond acceptors (Lipinski definition) is 3. The first-order chi connectivity index (χ1) is 6.63. The van der Waals surface area contributed by atoms with Crippen LogP contribution in [0.1, 0.15) is 32.6 Å². The number of carbonyl (C=O) groups excluding carboxylic acids is 2. The van der Waals surface area contributed by atoms with Crippen LogP contribution >= 0.6 is 0 Å². The summed E-state index contributed by atoms with van der Waals surface area (Å²) in [6.45, 7) is 2.16. The van der Waals surface area contributed by atoms with E-state index in [0.717, 1.165) is 19.3 Å². The Hall–Kier alpha value is -1.06. The fourth-order valence-corrected chi connectivity index (χ4v) is 1.90. The number of methoxy groups -OCH3 is 1. The highest BCUT2D eigenvalue weighted by molar-refractivity contribution is 6.32. The molecule has 1 aliphatic rings. The van der Waals surface area contributed by atoms with Crippen molar-refractivity contribution in [3.63, 3.8) is 0 Å². The van der Waals surface area contributed by atoms with Crippen LogP contribution in [0.15, 0.2) is 0 Å². The maximum Gasteiger partial charge on any atom is 0.396 e. The van der Waals surface area contributed by atoms with E-state index in [4.69, 9.17) is 0 Å². The molecule has 2 unspecified atom stereocenters. The number of amides is 1. The summed E-state index contributed by atoms with van der Waals surface area (Å²) in [5.74, 6) is -0.790. The van der Waals surface area contributed by atoms with Crippen molar-refractivity contribution >= 4 is 11.9 Å². The maximum absolute atomic E-state index is 11.2. The minimum Gasteiger partial charge on any atom is -0.462 e. The van der Waals surface area contributed by atoms with E-state index >= 15 is 0 Å². The fourth-order valence-electron chi connectivity index (χ4n) is 1.90. The second kappa shape index (κ2) is 4.98. The smallest absolute Gasteiger partial charge is 0.396 e. The molecular formula is C10H17NO3. The van der Waals surface area contributed by atoms with Gasteiger partial charge in [0.2, 0.25) is 0 Å². The van der Waals surface area contributed by atoms with Crippen LogP contribution in [-0.2, 0) is 14.3 Å². The Morgan fingerprint density at radius 2 is 2.07 bits per heavy atom. The molecule has 0 radical (unpaired) electrons. The van der Waals surface area contributed by atoms with Crippen molar-refractivity contribution in [1.82, 2.24) is 5.32 Å². The van der Waals surface area contributed by atoms with E-state index in [1.54, 1.807) is 0 Å². The molecule has 0 aromatic heterocycles. The quantitative estimate of drug-likeness (QED) is 0.503. The van der Waals surface area contributed by atoms with E-state index in [0.29, 0.717) is 5.92 Å². The van der Waals surface area contributed by atoms with E-state index in [2.05, 4.69) is 17.0 Å². The lowest BCUT2D eigenvalue weighted by Gasteiger charge is -2.26. The molecule has 1 aliphatic carbocycles. The van der Waals surface area contributed by atoms with Gasteiger partial charge >= 0.3 is 11.9 Å². The van der Waals surface area contributed by atoms with E-state index in [-0.39, 0.29) is 6.04 Å². The fraction of sp³-hybridized carbons (Fsp3) is 0.800. The molecule has 0 bridgehead atoms. The predicted octanol–water partition coefficient (Wildman–Crippen LogP) is 0.854. The molecule has 14 heavy (non-hydrogen) atoms. The first-order valence-corrected chi connectivity index (χ1v) is 5.02. The average Bonchev–Trinajstić information content (AvgIpc) is 2.16. The van der Waals surface area contributed by atoms with Crippen LogP contribution in [0.3, 0.4) is 0 Å². The van der Waals surface area contributed by atoms with Crippen molar-refractivity contribution < 1.29 is 14.3 Å². The highest BCUT2D eigenvalue weighted by Gasteiger charge is 2.23. The van der Waals surface area contributed by atoms with Crippen LogP contribution in [0.5, 0.6) is 0 Å². The molecule has 2 atom stereocenters. The zero-order chi connectivity index (χ0) is 10.6. The molecule has 1 saturated carbocycles. The van der Waals surface area contributed by atoms with Gasteiger partial charge in [0.05, 0.1) is 7.11 Å². The Morgan fingerprint density at radius 3 is 2.64 bits per heavy atom. The molecular weight excluding hydrogens is 182 g/mol. The number of hydrogen-bond donors (Lipinski definition) is 1. The van der Waals surface area contributed by atoms with Crippen molar-refractivity contribution in [2.75, 3.05) is 7.11 Å². The van der Waals surface area contributed by atoms with Crippen molar-refractivity contribution in [3.8, 4) is 0 Å². The number of carbonyl (C=O) groups is 2. The van der Waals surface area contributed by atoms with E-state index in [9.17, 15) is 9.59 Å². The van der Waals surface area contributed by atoms with Gasteiger partial charge in [-0.2, -0.15) is 0 Å². The SMILES string of the molecule is COC(=O)C(=O)NC1CCCC(C)C1. The largest absolute Gasteiger partial charge is 0.462 e. The Labute approximate surface area is 84.0 Å². The molecule has 0 heterocycles. The molecule has 1 fully saturated rings. The van der Waals surface area contributed by atoms with Crippen LogP contribution in [-0.4, -0.2) is 25.0 Å². The summed E-state index contributed by atoms with van der Waals surface area (Å²) < 4.78 is 4.33. The van der Waals surface area contributed by atoms with Crippen LogP contribution in [0.2, 0.25) is 0 Å². The molecule has 1 amide bonds. The third-order valence-corrected chi connectivity index (χ3v) is 2.64. The van der Waals surface area contributed by atoms with Gasteiger partial charge in [0, 0.05) is 6.04 Å². The second-order valence-electron chi connectivity index (χ2n) is 3.93. The topological polar surface area (TPSA) is 55.4 Å².